The first-order chi connectivity index (χ1) is 11.1. The lowest BCUT2D eigenvalue weighted by Crippen LogP contribution is -2.55. The molecule has 6 heteroatoms. The van der Waals surface area contributed by atoms with E-state index in [0.29, 0.717) is 25.9 Å². The molecule has 2 amide bonds. The van der Waals surface area contributed by atoms with Crippen LogP contribution in [0.5, 0.6) is 0 Å². The third kappa shape index (κ3) is 3.23. The van der Waals surface area contributed by atoms with E-state index in [0.717, 1.165) is 12.1 Å². The van der Waals surface area contributed by atoms with Gasteiger partial charge < -0.3 is 20.2 Å². The van der Waals surface area contributed by atoms with Crippen LogP contribution in [-0.4, -0.2) is 60.1 Å². The van der Waals surface area contributed by atoms with Crippen LogP contribution in [0.3, 0.4) is 0 Å². The second-order valence-electron chi connectivity index (χ2n) is 6.28. The van der Waals surface area contributed by atoms with Gasteiger partial charge in [-0.25, -0.2) is 0 Å². The fourth-order valence-corrected chi connectivity index (χ4v) is 3.38. The van der Waals surface area contributed by atoms with Gasteiger partial charge >= 0.3 is 0 Å². The number of nitrogens with one attached hydrogen (secondary N) is 1. The van der Waals surface area contributed by atoms with Crippen LogP contribution in [0, 0.1) is 0 Å². The molecule has 6 nitrogen and oxygen atoms in total. The molecular formula is C17H23N3O3. The second-order valence-corrected chi connectivity index (χ2v) is 6.28. The summed E-state index contributed by atoms with van der Waals surface area (Å²) in [5.41, 5.74) is 0.873. The van der Waals surface area contributed by atoms with Gasteiger partial charge in [0.1, 0.15) is 6.04 Å². The average molecular weight is 317 g/mol. The summed E-state index contributed by atoms with van der Waals surface area (Å²) in [5.74, 6) is -0.147. The molecule has 2 aliphatic heterocycles. The van der Waals surface area contributed by atoms with Crippen molar-refractivity contribution in [1.29, 1.82) is 0 Å². The average Bonchev–Trinajstić information content (AvgIpc) is 3.01. The predicted octanol–water partition coefficient (Wildman–Crippen LogP) is 0.363. The largest absolute Gasteiger partial charge is 0.392 e. The Morgan fingerprint density at radius 1 is 1.35 bits per heavy atom. The number of amides is 2. The van der Waals surface area contributed by atoms with Crippen LogP contribution in [0.25, 0.3) is 0 Å². The molecule has 23 heavy (non-hydrogen) atoms. The lowest BCUT2D eigenvalue weighted by atomic mass is 10.0. The summed E-state index contributed by atoms with van der Waals surface area (Å²) in [6, 6.07) is 8.73. The van der Waals surface area contributed by atoms with Gasteiger partial charge in [0.05, 0.1) is 12.1 Å². The number of benzene rings is 1. The fraction of sp³-hybridized carbons (Fsp3) is 0.529. The molecule has 3 atom stereocenters. The van der Waals surface area contributed by atoms with Crippen molar-refractivity contribution in [2.45, 2.75) is 37.5 Å². The van der Waals surface area contributed by atoms with Crippen molar-refractivity contribution < 1.29 is 14.7 Å². The molecule has 2 saturated heterocycles. The van der Waals surface area contributed by atoms with Crippen LogP contribution in [0.1, 0.15) is 19.3 Å². The van der Waals surface area contributed by atoms with E-state index in [4.69, 9.17) is 0 Å². The van der Waals surface area contributed by atoms with Gasteiger partial charge in [-0.05, 0) is 31.4 Å². The van der Waals surface area contributed by atoms with E-state index in [1.165, 1.54) is 0 Å². The van der Waals surface area contributed by atoms with Crippen LogP contribution < -0.4 is 10.2 Å². The van der Waals surface area contributed by atoms with Gasteiger partial charge in [-0.1, -0.05) is 18.2 Å². The number of anilines is 1. The van der Waals surface area contributed by atoms with Gasteiger partial charge in [-0.2, -0.15) is 0 Å². The molecular weight excluding hydrogens is 294 g/mol. The zero-order chi connectivity index (χ0) is 16.4. The lowest BCUT2D eigenvalue weighted by Gasteiger charge is -2.37. The van der Waals surface area contributed by atoms with E-state index in [-0.39, 0.29) is 11.8 Å². The fourth-order valence-electron chi connectivity index (χ4n) is 3.38. The van der Waals surface area contributed by atoms with Gasteiger partial charge in [-0.3, -0.25) is 9.59 Å². The Morgan fingerprint density at radius 3 is 2.74 bits per heavy atom. The summed E-state index contributed by atoms with van der Waals surface area (Å²) in [5, 5.41) is 12.6. The molecule has 0 aliphatic carbocycles. The van der Waals surface area contributed by atoms with E-state index < -0.39 is 18.2 Å². The van der Waals surface area contributed by atoms with Crippen molar-refractivity contribution >= 4 is 17.5 Å². The third-order valence-electron chi connectivity index (χ3n) is 4.70. The minimum atomic E-state index is -0.486. The van der Waals surface area contributed by atoms with Crippen molar-refractivity contribution in [2.75, 3.05) is 25.0 Å². The van der Waals surface area contributed by atoms with E-state index in [1.807, 2.05) is 30.3 Å². The van der Waals surface area contributed by atoms with Crippen molar-refractivity contribution in [2.24, 2.45) is 0 Å². The topological polar surface area (TPSA) is 72.9 Å². The van der Waals surface area contributed by atoms with E-state index in [1.54, 1.807) is 16.8 Å². The molecule has 3 rings (SSSR count). The van der Waals surface area contributed by atoms with Crippen LogP contribution in [0.15, 0.2) is 30.3 Å². The van der Waals surface area contributed by atoms with Crippen molar-refractivity contribution in [3.63, 3.8) is 0 Å². The molecule has 124 valence electrons. The molecule has 2 fully saturated rings. The van der Waals surface area contributed by atoms with E-state index in [9.17, 15) is 14.7 Å². The normalized spacial score (nSPS) is 28.0. The summed E-state index contributed by atoms with van der Waals surface area (Å²) in [6.45, 7) is 1.11. The Kier molecular flexibility index (Phi) is 4.63. The van der Waals surface area contributed by atoms with Crippen molar-refractivity contribution in [3.05, 3.63) is 30.3 Å². The first-order valence-corrected chi connectivity index (χ1v) is 8.12. The highest BCUT2D eigenvalue weighted by atomic mass is 16.3. The first kappa shape index (κ1) is 16.0. The molecule has 0 aromatic heterocycles. The van der Waals surface area contributed by atoms with Gasteiger partial charge in [0, 0.05) is 25.8 Å². The number of carbonyl (C=O) groups is 2. The number of piperidine rings is 1. The summed E-state index contributed by atoms with van der Waals surface area (Å²) >= 11 is 0. The highest BCUT2D eigenvalue weighted by Crippen LogP contribution is 2.24. The highest BCUT2D eigenvalue weighted by molar-refractivity contribution is 6.00. The summed E-state index contributed by atoms with van der Waals surface area (Å²) in [6.07, 6.45) is 1.47. The number of aliphatic hydroxyl groups is 1. The number of carbonyl (C=O) groups excluding carboxylic acids is 2. The number of hydrogen-bond donors (Lipinski definition) is 2. The minimum Gasteiger partial charge on any atom is -0.392 e. The van der Waals surface area contributed by atoms with Crippen LogP contribution >= 0.6 is 0 Å². The van der Waals surface area contributed by atoms with E-state index >= 15 is 0 Å². The lowest BCUT2D eigenvalue weighted by molar-refractivity contribution is -0.140. The van der Waals surface area contributed by atoms with E-state index in [2.05, 4.69) is 5.32 Å². The van der Waals surface area contributed by atoms with Crippen molar-refractivity contribution in [3.8, 4) is 0 Å². The predicted molar refractivity (Wildman–Crippen MR) is 87.0 cm³/mol. The van der Waals surface area contributed by atoms with Crippen molar-refractivity contribution in [1.82, 2.24) is 10.2 Å². The first-order valence-electron chi connectivity index (χ1n) is 8.12. The van der Waals surface area contributed by atoms with Crippen LogP contribution in [-0.2, 0) is 9.59 Å². The van der Waals surface area contributed by atoms with Crippen LogP contribution in [0.2, 0.25) is 0 Å². The Balaban J connectivity index is 1.71. The second kappa shape index (κ2) is 6.68. The molecule has 0 bridgehead atoms. The maximum Gasteiger partial charge on any atom is 0.249 e. The quantitative estimate of drug-likeness (QED) is 0.844. The summed E-state index contributed by atoms with van der Waals surface area (Å²) in [4.78, 5) is 28.7. The number of aliphatic hydroxyl groups excluding tert-OH is 1. The zero-order valence-electron chi connectivity index (χ0n) is 13.3. The van der Waals surface area contributed by atoms with Gasteiger partial charge in [-0.15, -0.1) is 0 Å². The monoisotopic (exact) mass is 317 g/mol. The Morgan fingerprint density at radius 2 is 2.09 bits per heavy atom. The minimum absolute atomic E-state index is 0.0307. The SMILES string of the molecule is CN(C(=O)C1CC(O)CN1)C1CCCN(c2ccccc2)C1=O. The van der Waals surface area contributed by atoms with Gasteiger partial charge in [0.25, 0.3) is 0 Å². The smallest absolute Gasteiger partial charge is 0.249 e. The Hall–Kier alpha value is -1.92. The molecule has 2 N–H and O–H groups in total. The van der Waals surface area contributed by atoms with Gasteiger partial charge in [0.2, 0.25) is 11.8 Å². The number of hydrogen-bond acceptors (Lipinski definition) is 4. The Bertz CT molecular complexity index is 578. The molecule has 2 heterocycles. The third-order valence-corrected chi connectivity index (χ3v) is 4.70. The number of β-amino-alcohol motifs (C(OH)–C–C–N with tert-alkyl or cyclic N) is 1. The highest BCUT2D eigenvalue weighted by Gasteiger charge is 2.38. The Labute approximate surface area is 136 Å². The summed E-state index contributed by atoms with van der Waals surface area (Å²) in [7, 11) is 1.69. The molecule has 3 unspecified atom stereocenters. The standard InChI is InChI=1S/C17H23N3O3/c1-19(16(22)14-10-13(21)11-18-14)15-8-5-9-20(17(15)23)12-6-3-2-4-7-12/h2-4,6-7,13-15,18,21H,5,8-11H2,1H3. The molecule has 1 aromatic rings. The van der Waals surface area contributed by atoms with Gasteiger partial charge in [0.15, 0.2) is 0 Å². The number of nitrogens with zero attached hydrogens (tertiary/aromatic N) is 2. The summed E-state index contributed by atoms with van der Waals surface area (Å²) < 4.78 is 0. The number of para-hydroxylation sites is 1. The van der Waals surface area contributed by atoms with Crippen LogP contribution in [0.4, 0.5) is 5.69 Å². The zero-order valence-corrected chi connectivity index (χ0v) is 13.3. The molecule has 0 spiro atoms. The molecule has 0 radical (unpaired) electrons. The number of likely N-dealkylation sites (N-methyl/N-ethyl adjacent to an activating group) is 1. The molecule has 2 aliphatic rings. The molecule has 0 saturated carbocycles. The maximum atomic E-state index is 12.8. The molecule has 1 aromatic carbocycles. The number of rotatable bonds is 3. The maximum absolute atomic E-state index is 12.8.